The second kappa shape index (κ2) is 6.23. The van der Waals surface area contributed by atoms with Crippen molar-refractivity contribution in [1.82, 2.24) is 4.98 Å². The molecular formula is C11H15N3OS. The molecule has 0 saturated heterocycles. The van der Waals surface area contributed by atoms with E-state index in [2.05, 4.69) is 10.3 Å². The highest BCUT2D eigenvalue weighted by Crippen LogP contribution is 2.08. The lowest BCUT2D eigenvalue weighted by atomic mass is 10.2. The molecule has 2 unspecified atom stereocenters. The monoisotopic (exact) mass is 237 g/mol. The Morgan fingerprint density at radius 2 is 2.38 bits per heavy atom. The molecule has 0 saturated carbocycles. The number of aromatic nitrogens is 1. The highest BCUT2D eigenvalue weighted by molar-refractivity contribution is 7.84. The molecule has 0 amide bonds. The van der Waals surface area contributed by atoms with Gasteiger partial charge >= 0.3 is 0 Å². The van der Waals surface area contributed by atoms with Crippen molar-refractivity contribution in [3.8, 4) is 6.07 Å². The van der Waals surface area contributed by atoms with E-state index in [1.807, 2.05) is 19.1 Å². The smallest absolute Gasteiger partial charge is 0.140 e. The summed E-state index contributed by atoms with van der Waals surface area (Å²) in [6.45, 7) is 2.03. The summed E-state index contributed by atoms with van der Waals surface area (Å²) in [6.07, 6.45) is 4.19. The third-order valence-corrected chi connectivity index (χ3v) is 2.94. The summed E-state index contributed by atoms with van der Waals surface area (Å²) in [5, 5.41) is 11.8. The molecule has 16 heavy (non-hydrogen) atoms. The van der Waals surface area contributed by atoms with Crippen molar-refractivity contribution in [2.45, 2.75) is 19.4 Å². The van der Waals surface area contributed by atoms with Crippen LogP contribution in [0.1, 0.15) is 19.0 Å². The predicted octanol–water partition coefficient (Wildman–Crippen LogP) is 1.52. The lowest BCUT2D eigenvalue weighted by molar-refractivity contribution is 0.678. The van der Waals surface area contributed by atoms with E-state index < -0.39 is 10.8 Å². The molecule has 1 aromatic rings. The number of nitrogens with one attached hydrogen (secondary N) is 1. The Morgan fingerprint density at radius 3 is 2.88 bits per heavy atom. The zero-order chi connectivity index (χ0) is 12.0. The first kappa shape index (κ1) is 12.7. The van der Waals surface area contributed by atoms with E-state index in [4.69, 9.17) is 5.26 Å². The first-order valence-corrected chi connectivity index (χ1v) is 6.77. The van der Waals surface area contributed by atoms with Gasteiger partial charge in [-0.25, -0.2) is 4.98 Å². The van der Waals surface area contributed by atoms with E-state index in [1.165, 1.54) is 0 Å². The average Bonchev–Trinajstić information content (AvgIpc) is 2.27. The zero-order valence-corrected chi connectivity index (χ0v) is 10.3. The molecule has 1 aromatic heterocycles. The molecule has 0 radical (unpaired) electrons. The number of pyridine rings is 1. The number of rotatable bonds is 5. The molecule has 5 heteroatoms. The van der Waals surface area contributed by atoms with Crippen LogP contribution >= 0.6 is 0 Å². The van der Waals surface area contributed by atoms with Gasteiger partial charge in [0.15, 0.2) is 0 Å². The summed E-state index contributed by atoms with van der Waals surface area (Å²) >= 11 is 0. The van der Waals surface area contributed by atoms with Crippen LogP contribution in [-0.4, -0.2) is 27.2 Å². The Kier molecular flexibility index (Phi) is 4.93. The van der Waals surface area contributed by atoms with E-state index in [9.17, 15) is 4.21 Å². The van der Waals surface area contributed by atoms with Gasteiger partial charge in [0.05, 0.1) is 11.9 Å². The van der Waals surface area contributed by atoms with Gasteiger partial charge in [-0.15, -0.1) is 0 Å². The molecular weight excluding hydrogens is 222 g/mol. The molecule has 1 N–H and O–H groups in total. The first-order chi connectivity index (χ1) is 7.61. The van der Waals surface area contributed by atoms with Crippen LogP contribution in [-0.2, 0) is 10.8 Å². The molecule has 0 aromatic carbocycles. The molecule has 0 fully saturated rings. The van der Waals surface area contributed by atoms with Gasteiger partial charge in [0.25, 0.3) is 0 Å². The standard InChI is InChI=1S/C11H15N3OS/c1-9(5-6-16(2)15)14-11-4-3-10(7-12)13-8-11/h3-4,8-9,14H,5-6H2,1-2H3. The van der Waals surface area contributed by atoms with Crippen LogP contribution in [0.5, 0.6) is 0 Å². The van der Waals surface area contributed by atoms with Gasteiger partial charge in [-0.3, -0.25) is 4.21 Å². The predicted molar refractivity (Wildman–Crippen MR) is 65.6 cm³/mol. The van der Waals surface area contributed by atoms with Crippen LogP contribution < -0.4 is 5.32 Å². The number of hydrogen-bond donors (Lipinski definition) is 1. The van der Waals surface area contributed by atoms with E-state index in [1.54, 1.807) is 18.5 Å². The molecule has 4 nitrogen and oxygen atoms in total. The summed E-state index contributed by atoms with van der Waals surface area (Å²) in [6, 6.07) is 5.72. The minimum atomic E-state index is -0.748. The van der Waals surface area contributed by atoms with Gasteiger partial charge in [0.2, 0.25) is 0 Å². The van der Waals surface area contributed by atoms with Gasteiger partial charge in [-0.2, -0.15) is 5.26 Å². The summed E-state index contributed by atoms with van der Waals surface area (Å²) in [5.74, 6) is 0.692. The van der Waals surface area contributed by atoms with Crippen molar-refractivity contribution in [3.05, 3.63) is 24.0 Å². The van der Waals surface area contributed by atoms with Crippen LogP contribution in [0.15, 0.2) is 18.3 Å². The maximum absolute atomic E-state index is 10.9. The van der Waals surface area contributed by atoms with Crippen molar-refractivity contribution in [2.75, 3.05) is 17.3 Å². The Balaban J connectivity index is 2.47. The Hall–Kier alpha value is -1.41. The van der Waals surface area contributed by atoms with Crippen molar-refractivity contribution in [3.63, 3.8) is 0 Å². The van der Waals surface area contributed by atoms with Crippen LogP contribution in [0.3, 0.4) is 0 Å². The van der Waals surface area contributed by atoms with E-state index in [0.29, 0.717) is 11.4 Å². The fraction of sp³-hybridized carbons (Fsp3) is 0.455. The van der Waals surface area contributed by atoms with Crippen LogP contribution in [0, 0.1) is 11.3 Å². The molecule has 0 aliphatic heterocycles. The van der Waals surface area contributed by atoms with Gasteiger partial charge in [0, 0.05) is 28.9 Å². The number of nitriles is 1. The van der Waals surface area contributed by atoms with Crippen molar-refractivity contribution < 1.29 is 4.21 Å². The average molecular weight is 237 g/mol. The maximum Gasteiger partial charge on any atom is 0.140 e. The summed E-state index contributed by atoms with van der Waals surface area (Å²) < 4.78 is 10.9. The van der Waals surface area contributed by atoms with Crippen LogP contribution in [0.25, 0.3) is 0 Å². The van der Waals surface area contributed by atoms with Gasteiger partial charge in [-0.1, -0.05) is 0 Å². The molecule has 86 valence electrons. The minimum Gasteiger partial charge on any atom is -0.381 e. The molecule has 0 aliphatic rings. The lowest BCUT2D eigenvalue weighted by Gasteiger charge is -2.13. The zero-order valence-electron chi connectivity index (χ0n) is 9.43. The van der Waals surface area contributed by atoms with Crippen molar-refractivity contribution >= 4 is 16.5 Å². The fourth-order valence-corrected chi connectivity index (χ4v) is 1.93. The maximum atomic E-state index is 10.9. The summed E-state index contributed by atoms with van der Waals surface area (Å²) in [5.41, 5.74) is 1.29. The topological polar surface area (TPSA) is 65.8 Å². The summed E-state index contributed by atoms with van der Waals surface area (Å²) in [4.78, 5) is 3.96. The summed E-state index contributed by atoms with van der Waals surface area (Å²) in [7, 11) is -0.748. The van der Waals surface area contributed by atoms with Crippen LogP contribution in [0.4, 0.5) is 5.69 Å². The fourth-order valence-electron chi connectivity index (χ4n) is 1.24. The second-order valence-corrected chi connectivity index (χ2v) is 5.21. The Bertz CT molecular complexity index is 397. The number of nitrogens with zero attached hydrogens (tertiary/aromatic N) is 2. The molecule has 1 heterocycles. The second-order valence-electron chi connectivity index (χ2n) is 3.66. The Labute approximate surface area is 98.2 Å². The highest BCUT2D eigenvalue weighted by atomic mass is 32.2. The molecule has 0 bridgehead atoms. The quantitative estimate of drug-likeness (QED) is 0.843. The van der Waals surface area contributed by atoms with Crippen LogP contribution in [0.2, 0.25) is 0 Å². The first-order valence-electron chi connectivity index (χ1n) is 5.04. The molecule has 2 atom stereocenters. The third kappa shape index (κ3) is 4.41. The van der Waals surface area contributed by atoms with Gasteiger partial charge < -0.3 is 5.32 Å². The van der Waals surface area contributed by atoms with Gasteiger partial charge in [0.1, 0.15) is 11.8 Å². The lowest BCUT2D eigenvalue weighted by Crippen LogP contribution is -2.17. The van der Waals surface area contributed by atoms with E-state index in [-0.39, 0.29) is 6.04 Å². The third-order valence-electron chi connectivity index (χ3n) is 2.13. The minimum absolute atomic E-state index is 0.249. The molecule has 0 aliphatic carbocycles. The van der Waals surface area contributed by atoms with Gasteiger partial charge in [-0.05, 0) is 25.5 Å². The van der Waals surface area contributed by atoms with E-state index >= 15 is 0 Å². The number of hydrogen-bond acceptors (Lipinski definition) is 4. The normalized spacial score (nSPS) is 13.8. The molecule has 1 rings (SSSR count). The highest BCUT2D eigenvalue weighted by Gasteiger charge is 2.03. The largest absolute Gasteiger partial charge is 0.381 e. The SMILES string of the molecule is CC(CCS(C)=O)Nc1ccc(C#N)nc1. The van der Waals surface area contributed by atoms with E-state index in [0.717, 1.165) is 12.1 Å². The molecule has 0 spiro atoms. The Morgan fingerprint density at radius 1 is 1.62 bits per heavy atom. The van der Waals surface area contributed by atoms with Crippen molar-refractivity contribution in [1.29, 1.82) is 5.26 Å². The van der Waals surface area contributed by atoms with Crippen molar-refractivity contribution in [2.24, 2.45) is 0 Å². The number of anilines is 1.